The zero-order chi connectivity index (χ0) is 17.0. The second-order valence-electron chi connectivity index (χ2n) is 5.47. The molecule has 1 unspecified atom stereocenters. The van der Waals surface area contributed by atoms with Crippen molar-refractivity contribution in [1.82, 2.24) is 4.90 Å². The number of piperidine rings is 1. The van der Waals surface area contributed by atoms with E-state index in [0.29, 0.717) is 11.4 Å². The second-order valence-corrected chi connectivity index (χ2v) is 5.47. The second kappa shape index (κ2) is 7.08. The maximum Gasteiger partial charge on any atom is 0.414 e. The standard InChI is InChI=1S/C15H19F3N2O3/c1-23-12-4-2-3-11(9-12)19-14(22)20-7-5-10(6-8-20)13(21)15(16,17)18/h2-4,9-10,13,21H,5-8H2,1H3,(H,19,22). The van der Waals surface area contributed by atoms with E-state index < -0.39 is 18.2 Å². The number of aliphatic hydroxyl groups excluding tert-OH is 1. The number of benzene rings is 1. The molecule has 1 atom stereocenters. The third-order valence-electron chi connectivity index (χ3n) is 3.93. The van der Waals surface area contributed by atoms with E-state index in [0.717, 1.165) is 0 Å². The minimum atomic E-state index is -4.62. The number of halogens is 3. The number of rotatable bonds is 3. The third kappa shape index (κ3) is 4.51. The van der Waals surface area contributed by atoms with Gasteiger partial charge in [-0.2, -0.15) is 13.2 Å². The molecule has 128 valence electrons. The minimum Gasteiger partial charge on any atom is -0.497 e. The van der Waals surface area contributed by atoms with Crippen molar-refractivity contribution in [3.05, 3.63) is 24.3 Å². The van der Waals surface area contributed by atoms with Gasteiger partial charge in [-0.05, 0) is 30.9 Å². The molecule has 1 saturated heterocycles. The summed E-state index contributed by atoms with van der Waals surface area (Å²) in [6.45, 7) is 0.348. The molecule has 23 heavy (non-hydrogen) atoms. The number of carbonyl (C=O) groups is 1. The Kier molecular flexibility index (Phi) is 5.35. The number of likely N-dealkylation sites (tertiary alicyclic amines) is 1. The highest BCUT2D eigenvalue weighted by molar-refractivity contribution is 5.89. The maximum atomic E-state index is 12.5. The number of methoxy groups -OCH3 is 1. The molecule has 1 aliphatic heterocycles. The number of carbonyl (C=O) groups excluding carboxylic acids is 1. The first kappa shape index (κ1) is 17.4. The van der Waals surface area contributed by atoms with Gasteiger partial charge in [0.2, 0.25) is 0 Å². The Bertz CT molecular complexity index is 543. The zero-order valence-electron chi connectivity index (χ0n) is 12.6. The maximum absolute atomic E-state index is 12.5. The van der Waals surface area contributed by atoms with Crippen molar-refractivity contribution in [1.29, 1.82) is 0 Å². The number of hydrogen-bond donors (Lipinski definition) is 2. The van der Waals surface area contributed by atoms with Gasteiger partial charge < -0.3 is 20.1 Å². The van der Waals surface area contributed by atoms with Crippen molar-refractivity contribution in [3.8, 4) is 5.75 Å². The van der Waals surface area contributed by atoms with Gasteiger partial charge in [-0.15, -0.1) is 0 Å². The quantitative estimate of drug-likeness (QED) is 0.895. The zero-order valence-corrected chi connectivity index (χ0v) is 12.6. The van der Waals surface area contributed by atoms with Gasteiger partial charge >= 0.3 is 12.2 Å². The number of amides is 2. The largest absolute Gasteiger partial charge is 0.497 e. The Labute approximate surface area is 132 Å². The normalized spacial score (nSPS) is 17.7. The first-order valence-corrected chi connectivity index (χ1v) is 7.26. The first-order chi connectivity index (χ1) is 10.8. The van der Waals surface area contributed by atoms with Gasteiger partial charge in [0.05, 0.1) is 7.11 Å². The predicted molar refractivity (Wildman–Crippen MR) is 78.4 cm³/mol. The molecule has 8 heteroatoms. The Morgan fingerprint density at radius 1 is 1.39 bits per heavy atom. The van der Waals surface area contributed by atoms with Gasteiger partial charge in [-0.1, -0.05) is 6.07 Å². The summed E-state index contributed by atoms with van der Waals surface area (Å²) in [6, 6.07) is 6.43. The topological polar surface area (TPSA) is 61.8 Å². The first-order valence-electron chi connectivity index (χ1n) is 7.26. The Balaban J connectivity index is 1.88. The Hall–Kier alpha value is -1.96. The van der Waals surface area contributed by atoms with E-state index in [1.165, 1.54) is 12.0 Å². The number of alkyl halides is 3. The summed E-state index contributed by atoms with van der Waals surface area (Å²) in [4.78, 5) is 13.6. The van der Waals surface area contributed by atoms with Gasteiger partial charge in [0, 0.05) is 24.8 Å². The highest BCUT2D eigenvalue weighted by Crippen LogP contribution is 2.31. The number of ether oxygens (including phenoxy) is 1. The van der Waals surface area contributed by atoms with Crippen LogP contribution in [0.3, 0.4) is 0 Å². The van der Waals surface area contributed by atoms with Crippen LogP contribution in [0.5, 0.6) is 5.75 Å². The van der Waals surface area contributed by atoms with Gasteiger partial charge in [-0.3, -0.25) is 0 Å². The number of nitrogens with one attached hydrogen (secondary N) is 1. The molecule has 0 aromatic heterocycles. The molecule has 0 aliphatic carbocycles. The highest BCUT2D eigenvalue weighted by atomic mass is 19.4. The molecule has 1 aromatic rings. The summed E-state index contributed by atoms with van der Waals surface area (Å²) in [6.07, 6.45) is -6.71. The number of anilines is 1. The van der Waals surface area contributed by atoms with E-state index in [1.807, 2.05) is 0 Å². The molecule has 1 fully saturated rings. The molecular formula is C15H19F3N2O3. The van der Waals surface area contributed by atoms with Crippen molar-refractivity contribution >= 4 is 11.7 Å². The lowest BCUT2D eigenvalue weighted by Crippen LogP contribution is -2.46. The third-order valence-corrected chi connectivity index (χ3v) is 3.93. The fraction of sp³-hybridized carbons (Fsp3) is 0.533. The molecule has 0 spiro atoms. The van der Waals surface area contributed by atoms with E-state index in [2.05, 4.69) is 5.32 Å². The van der Waals surface area contributed by atoms with E-state index >= 15 is 0 Å². The van der Waals surface area contributed by atoms with Crippen molar-refractivity contribution < 1.29 is 27.8 Å². The SMILES string of the molecule is COc1cccc(NC(=O)N2CCC(C(O)C(F)(F)F)CC2)c1. The van der Waals surface area contributed by atoms with Crippen LogP contribution in [0.2, 0.25) is 0 Å². The monoisotopic (exact) mass is 332 g/mol. The van der Waals surface area contributed by atoms with E-state index in [9.17, 15) is 23.1 Å². The van der Waals surface area contributed by atoms with Crippen LogP contribution in [-0.2, 0) is 0 Å². The summed E-state index contributed by atoms with van der Waals surface area (Å²) >= 11 is 0. The van der Waals surface area contributed by atoms with Crippen LogP contribution in [0, 0.1) is 5.92 Å². The average molecular weight is 332 g/mol. The van der Waals surface area contributed by atoms with Crippen LogP contribution in [0.25, 0.3) is 0 Å². The van der Waals surface area contributed by atoms with Gasteiger partial charge in [0.15, 0.2) is 6.10 Å². The Morgan fingerprint density at radius 2 is 2.04 bits per heavy atom. The van der Waals surface area contributed by atoms with E-state index in [1.54, 1.807) is 24.3 Å². The summed E-state index contributed by atoms with van der Waals surface area (Å²) < 4.78 is 42.5. The summed E-state index contributed by atoms with van der Waals surface area (Å²) in [5.41, 5.74) is 0.548. The van der Waals surface area contributed by atoms with Crippen molar-refractivity contribution in [2.45, 2.75) is 25.1 Å². The van der Waals surface area contributed by atoms with Crippen molar-refractivity contribution in [2.24, 2.45) is 5.92 Å². The lowest BCUT2D eigenvalue weighted by atomic mass is 9.91. The lowest BCUT2D eigenvalue weighted by molar-refractivity contribution is -0.222. The van der Waals surface area contributed by atoms with Crippen LogP contribution in [0.1, 0.15) is 12.8 Å². The fourth-order valence-corrected chi connectivity index (χ4v) is 2.59. The number of hydrogen-bond acceptors (Lipinski definition) is 3. The Morgan fingerprint density at radius 3 is 2.61 bits per heavy atom. The molecular weight excluding hydrogens is 313 g/mol. The fourth-order valence-electron chi connectivity index (χ4n) is 2.59. The van der Waals surface area contributed by atoms with Gasteiger partial charge in [-0.25, -0.2) is 4.79 Å². The smallest absolute Gasteiger partial charge is 0.414 e. The van der Waals surface area contributed by atoms with Gasteiger partial charge in [0.1, 0.15) is 5.75 Å². The molecule has 0 radical (unpaired) electrons. The molecule has 0 bridgehead atoms. The molecule has 1 aromatic carbocycles. The van der Waals surface area contributed by atoms with Crippen LogP contribution in [0.15, 0.2) is 24.3 Å². The molecule has 2 N–H and O–H groups in total. The van der Waals surface area contributed by atoms with Crippen LogP contribution in [0.4, 0.5) is 23.7 Å². The number of urea groups is 1. The number of aliphatic hydroxyl groups is 1. The lowest BCUT2D eigenvalue weighted by Gasteiger charge is -2.34. The number of nitrogens with zero attached hydrogens (tertiary/aromatic N) is 1. The van der Waals surface area contributed by atoms with Crippen LogP contribution >= 0.6 is 0 Å². The molecule has 5 nitrogen and oxygen atoms in total. The van der Waals surface area contributed by atoms with Gasteiger partial charge in [0.25, 0.3) is 0 Å². The van der Waals surface area contributed by atoms with Crippen LogP contribution in [-0.4, -0.2) is 48.5 Å². The molecule has 1 aliphatic rings. The summed E-state index contributed by atoms with van der Waals surface area (Å²) in [5, 5.41) is 12.0. The molecule has 1 heterocycles. The highest BCUT2D eigenvalue weighted by Gasteiger charge is 2.44. The minimum absolute atomic E-state index is 0.117. The molecule has 0 saturated carbocycles. The summed E-state index contributed by atoms with van der Waals surface area (Å²) in [7, 11) is 1.51. The van der Waals surface area contributed by atoms with E-state index in [4.69, 9.17) is 4.74 Å². The summed E-state index contributed by atoms with van der Waals surface area (Å²) in [5.74, 6) is -0.273. The van der Waals surface area contributed by atoms with Crippen molar-refractivity contribution in [3.63, 3.8) is 0 Å². The van der Waals surface area contributed by atoms with Crippen LogP contribution < -0.4 is 10.1 Å². The van der Waals surface area contributed by atoms with Crippen molar-refractivity contribution in [2.75, 3.05) is 25.5 Å². The average Bonchev–Trinajstić information content (AvgIpc) is 2.53. The van der Waals surface area contributed by atoms with E-state index in [-0.39, 0.29) is 32.0 Å². The molecule has 2 amide bonds. The molecule has 2 rings (SSSR count). The predicted octanol–water partition coefficient (Wildman–Crippen LogP) is 2.86.